The predicted molar refractivity (Wildman–Crippen MR) is 98.2 cm³/mol. The minimum atomic E-state index is -0.326. The van der Waals surface area contributed by atoms with E-state index in [0.29, 0.717) is 6.54 Å². The molecule has 3 heterocycles. The molecule has 1 aliphatic rings. The van der Waals surface area contributed by atoms with Crippen molar-refractivity contribution in [2.75, 3.05) is 26.7 Å². The van der Waals surface area contributed by atoms with Gasteiger partial charge in [0.1, 0.15) is 5.82 Å². The van der Waals surface area contributed by atoms with E-state index in [1.807, 2.05) is 30.7 Å². The van der Waals surface area contributed by atoms with Crippen LogP contribution in [0.4, 0.5) is 0 Å². The van der Waals surface area contributed by atoms with Crippen molar-refractivity contribution in [1.82, 2.24) is 24.3 Å². The van der Waals surface area contributed by atoms with Gasteiger partial charge in [-0.25, -0.2) is 4.98 Å². The number of piperidine rings is 1. The molecule has 1 saturated heterocycles. The Bertz CT molecular complexity index is 644. The average Bonchev–Trinajstić information content (AvgIpc) is 3.08. The third-order valence-corrected chi connectivity index (χ3v) is 5.15. The van der Waals surface area contributed by atoms with Gasteiger partial charge in [0.05, 0.1) is 12.6 Å². The summed E-state index contributed by atoms with van der Waals surface area (Å²) in [6, 6.07) is 6.24. The fraction of sp³-hybridized carbons (Fsp3) is 0.579. The van der Waals surface area contributed by atoms with E-state index in [1.54, 1.807) is 0 Å². The highest BCUT2D eigenvalue weighted by molar-refractivity contribution is 5.04. The lowest BCUT2D eigenvalue weighted by Crippen LogP contribution is -2.53. The topological polar surface area (TPSA) is 57.4 Å². The third-order valence-electron chi connectivity index (χ3n) is 5.15. The number of aromatic nitrogens is 3. The first-order valence-corrected chi connectivity index (χ1v) is 9.18. The highest BCUT2D eigenvalue weighted by atomic mass is 16.3. The molecule has 2 atom stereocenters. The second kappa shape index (κ2) is 8.56. The summed E-state index contributed by atoms with van der Waals surface area (Å²) in [5.74, 6) is 1.08. The molecule has 6 nitrogen and oxygen atoms in total. The molecule has 0 aliphatic carbocycles. The quantitative estimate of drug-likeness (QED) is 0.824. The molecule has 1 aliphatic heterocycles. The summed E-state index contributed by atoms with van der Waals surface area (Å²) < 4.78 is 2.16. The highest BCUT2D eigenvalue weighted by Crippen LogP contribution is 2.18. The first-order chi connectivity index (χ1) is 12.2. The minimum absolute atomic E-state index is 0.214. The number of rotatable bonds is 7. The molecule has 1 fully saturated rings. The zero-order chi connectivity index (χ0) is 17.6. The number of likely N-dealkylation sites (tertiary alicyclic amines) is 1. The lowest BCUT2D eigenvalue weighted by Gasteiger charge is -2.40. The molecule has 0 unspecified atom stereocenters. The van der Waals surface area contributed by atoms with Crippen LogP contribution in [0.25, 0.3) is 0 Å². The van der Waals surface area contributed by atoms with Gasteiger partial charge < -0.3 is 14.6 Å². The number of hydrogen-bond donors (Lipinski definition) is 1. The first-order valence-electron chi connectivity index (χ1n) is 9.18. The van der Waals surface area contributed by atoms with E-state index in [9.17, 15) is 5.11 Å². The Balaban J connectivity index is 1.49. The third kappa shape index (κ3) is 4.66. The van der Waals surface area contributed by atoms with E-state index in [1.165, 1.54) is 0 Å². The molecule has 136 valence electrons. The van der Waals surface area contributed by atoms with Gasteiger partial charge in [-0.1, -0.05) is 6.07 Å². The number of β-amino-alcohol motifs (C(OH)–C–C–N with tert-alkyl or cyclic N) is 1. The standard InChI is InChI=1S/C19H29N5O/c1-3-24-13-10-21-19(24)15-23-12-8-17(18(25)14-23)22(2)11-7-16-6-4-5-9-20-16/h4-6,9-10,13,17-18,25H,3,7-8,11-12,14-15H2,1-2H3/t17-,18-/m1/s1. The zero-order valence-electron chi connectivity index (χ0n) is 15.3. The normalized spacial score (nSPS) is 21.8. The zero-order valence-corrected chi connectivity index (χ0v) is 15.3. The van der Waals surface area contributed by atoms with Crippen molar-refractivity contribution in [3.8, 4) is 0 Å². The smallest absolute Gasteiger partial charge is 0.122 e. The SMILES string of the molecule is CCn1ccnc1CN1CC[C@@H](N(C)CCc2ccccn2)[C@H](O)C1. The van der Waals surface area contributed by atoms with Crippen molar-refractivity contribution in [3.05, 3.63) is 48.3 Å². The van der Waals surface area contributed by atoms with Gasteiger partial charge in [-0.05, 0) is 32.5 Å². The van der Waals surface area contributed by atoms with Gasteiger partial charge in [0.2, 0.25) is 0 Å². The van der Waals surface area contributed by atoms with Crippen molar-refractivity contribution < 1.29 is 5.11 Å². The molecule has 0 bridgehead atoms. The summed E-state index contributed by atoms with van der Waals surface area (Å²) >= 11 is 0. The number of likely N-dealkylation sites (N-methyl/N-ethyl adjacent to an activating group) is 1. The molecular weight excluding hydrogens is 314 g/mol. The lowest BCUT2D eigenvalue weighted by atomic mass is 10.00. The molecule has 0 amide bonds. The number of hydrogen-bond acceptors (Lipinski definition) is 5. The van der Waals surface area contributed by atoms with E-state index in [2.05, 4.69) is 44.4 Å². The van der Waals surface area contributed by atoms with E-state index < -0.39 is 0 Å². The van der Waals surface area contributed by atoms with Crippen LogP contribution in [0.15, 0.2) is 36.8 Å². The van der Waals surface area contributed by atoms with Gasteiger partial charge in [0, 0.05) is 62.9 Å². The van der Waals surface area contributed by atoms with Crippen molar-refractivity contribution >= 4 is 0 Å². The van der Waals surface area contributed by atoms with Crippen LogP contribution in [0, 0.1) is 0 Å². The van der Waals surface area contributed by atoms with Gasteiger partial charge in [0.15, 0.2) is 0 Å². The van der Waals surface area contributed by atoms with Gasteiger partial charge in [0.25, 0.3) is 0 Å². The molecule has 3 rings (SSSR count). The Labute approximate surface area is 150 Å². The Morgan fingerprint density at radius 2 is 2.16 bits per heavy atom. The fourth-order valence-corrected chi connectivity index (χ4v) is 3.62. The monoisotopic (exact) mass is 343 g/mol. The summed E-state index contributed by atoms with van der Waals surface area (Å²) in [4.78, 5) is 13.4. The Morgan fingerprint density at radius 3 is 2.88 bits per heavy atom. The van der Waals surface area contributed by atoms with Crippen molar-refractivity contribution in [1.29, 1.82) is 0 Å². The molecule has 2 aromatic heterocycles. The first kappa shape index (κ1) is 18.0. The van der Waals surface area contributed by atoms with Crippen molar-refractivity contribution in [2.24, 2.45) is 0 Å². The number of pyridine rings is 1. The Kier molecular flexibility index (Phi) is 6.18. The summed E-state index contributed by atoms with van der Waals surface area (Å²) in [7, 11) is 2.11. The molecule has 6 heteroatoms. The van der Waals surface area contributed by atoms with E-state index >= 15 is 0 Å². The number of aryl methyl sites for hydroxylation is 1. The number of nitrogens with zero attached hydrogens (tertiary/aromatic N) is 5. The number of aliphatic hydroxyl groups excluding tert-OH is 1. The van der Waals surface area contributed by atoms with Crippen molar-refractivity contribution in [3.63, 3.8) is 0 Å². The maximum atomic E-state index is 10.6. The lowest BCUT2D eigenvalue weighted by molar-refractivity contribution is -0.00716. The van der Waals surface area contributed by atoms with Crippen LogP contribution >= 0.6 is 0 Å². The van der Waals surface area contributed by atoms with Gasteiger partial charge in [-0.3, -0.25) is 9.88 Å². The van der Waals surface area contributed by atoms with Crippen LogP contribution in [0.1, 0.15) is 24.9 Å². The van der Waals surface area contributed by atoms with E-state index in [4.69, 9.17) is 0 Å². The largest absolute Gasteiger partial charge is 0.390 e. The molecule has 1 N–H and O–H groups in total. The second-order valence-electron chi connectivity index (χ2n) is 6.84. The number of imidazole rings is 1. The van der Waals surface area contributed by atoms with Crippen LogP contribution < -0.4 is 0 Å². The Hall–Kier alpha value is -1.76. The summed E-state index contributed by atoms with van der Waals surface area (Å²) in [5.41, 5.74) is 1.10. The minimum Gasteiger partial charge on any atom is -0.390 e. The highest BCUT2D eigenvalue weighted by Gasteiger charge is 2.30. The average molecular weight is 343 g/mol. The molecule has 0 saturated carbocycles. The van der Waals surface area contributed by atoms with Crippen LogP contribution in [-0.2, 0) is 19.5 Å². The van der Waals surface area contributed by atoms with Gasteiger partial charge in [-0.2, -0.15) is 0 Å². The fourth-order valence-electron chi connectivity index (χ4n) is 3.62. The molecule has 0 spiro atoms. The van der Waals surface area contributed by atoms with Crippen molar-refractivity contribution in [2.45, 2.75) is 45.0 Å². The molecule has 0 radical (unpaired) electrons. The molecule has 2 aromatic rings. The van der Waals surface area contributed by atoms with Crippen LogP contribution in [0.5, 0.6) is 0 Å². The summed E-state index contributed by atoms with van der Waals surface area (Å²) in [6.07, 6.45) is 7.28. The van der Waals surface area contributed by atoms with Gasteiger partial charge >= 0.3 is 0 Å². The van der Waals surface area contributed by atoms with Crippen LogP contribution in [0.2, 0.25) is 0 Å². The summed E-state index contributed by atoms with van der Waals surface area (Å²) in [6.45, 7) is 6.48. The predicted octanol–water partition coefficient (Wildman–Crippen LogP) is 1.41. The molecule has 0 aromatic carbocycles. The molecule has 25 heavy (non-hydrogen) atoms. The Morgan fingerprint density at radius 1 is 1.28 bits per heavy atom. The van der Waals surface area contributed by atoms with Crippen LogP contribution in [-0.4, -0.2) is 68.3 Å². The summed E-state index contributed by atoms with van der Waals surface area (Å²) in [5, 5.41) is 10.6. The number of aliphatic hydroxyl groups is 1. The molecular formula is C19H29N5O. The maximum Gasteiger partial charge on any atom is 0.122 e. The van der Waals surface area contributed by atoms with E-state index in [0.717, 1.165) is 50.5 Å². The van der Waals surface area contributed by atoms with E-state index in [-0.39, 0.29) is 12.1 Å². The van der Waals surface area contributed by atoms with Gasteiger partial charge in [-0.15, -0.1) is 0 Å². The maximum absolute atomic E-state index is 10.6. The van der Waals surface area contributed by atoms with Crippen LogP contribution in [0.3, 0.4) is 0 Å². The second-order valence-corrected chi connectivity index (χ2v) is 6.84.